The van der Waals surface area contributed by atoms with Gasteiger partial charge in [0.1, 0.15) is 0 Å². The van der Waals surface area contributed by atoms with E-state index in [1.807, 2.05) is 0 Å². The Hall–Kier alpha value is -1.27. The largest absolute Gasteiger partial charge is 0.453 e. The quantitative estimate of drug-likeness (QED) is 0.707. The topological polar surface area (TPSA) is 52.6 Å². The van der Waals surface area contributed by atoms with E-state index in [4.69, 9.17) is 0 Å². The van der Waals surface area contributed by atoms with Crippen LogP contribution in [0.1, 0.15) is 41.0 Å². The van der Waals surface area contributed by atoms with Gasteiger partial charge in [-0.2, -0.15) is 13.2 Å². The number of hydrogen-bond donors (Lipinski definition) is 0. The van der Waals surface area contributed by atoms with Crippen molar-refractivity contribution in [3.05, 3.63) is 0 Å². The molecule has 0 radical (unpaired) electrons. The van der Waals surface area contributed by atoms with Crippen molar-refractivity contribution >= 4 is 11.9 Å². The summed E-state index contributed by atoms with van der Waals surface area (Å²) in [5.74, 6) is -2.77. The molecule has 0 aliphatic heterocycles. The molecule has 0 aliphatic carbocycles. The van der Waals surface area contributed by atoms with Gasteiger partial charge in [0.25, 0.3) is 0 Å². The Bertz CT molecular complexity index is 348. The van der Waals surface area contributed by atoms with Crippen LogP contribution in [0.25, 0.3) is 0 Å². The average Bonchev–Trinajstić information content (AvgIpc) is 2.30. The lowest BCUT2D eigenvalue weighted by Gasteiger charge is -2.24. The van der Waals surface area contributed by atoms with Gasteiger partial charge in [0.2, 0.25) is 0 Å². The average molecular weight is 298 g/mol. The molecule has 118 valence electrons. The lowest BCUT2D eigenvalue weighted by molar-refractivity contribution is -0.233. The first-order valence-corrected chi connectivity index (χ1v) is 6.35. The van der Waals surface area contributed by atoms with E-state index in [-0.39, 0.29) is 0 Å². The molecule has 0 rings (SSSR count). The Kier molecular flexibility index (Phi) is 6.50. The predicted molar refractivity (Wildman–Crippen MR) is 65.8 cm³/mol. The molecule has 0 fully saturated rings. The van der Waals surface area contributed by atoms with Gasteiger partial charge in [-0.15, -0.1) is 0 Å². The molecule has 0 N–H and O–H groups in total. The molecule has 0 aromatic carbocycles. The van der Waals surface area contributed by atoms with Gasteiger partial charge < -0.3 is 9.47 Å². The van der Waals surface area contributed by atoms with Crippen LogP contribution in [0, 0.1) is 11.3 Å². The monoisotopic (exact) mass is 298 g/mol. The third kappa shape index (κ3) is 5.79. The van der Waals surface area contributed by atoms with Crippen LogP contribution in [0.4, 0.5) is 13.2 Å². The molecule has 1 atom stereocenters. The van der Waals surface area contributed by atoms with E-state index >= 15 is 0 Å². The number of rotatable bonds is 6. The van der Waals surface area contributed by atoms with Gasteiger partial charge in [0.15, 0.2) is 12.7 Å². The number of carbonyl (C=O) groups is 2. The molecule has 0 bridgehead atoms. The van der Waals surface area contributed by atoms with E-state index in [9.17, 15) is 22.8 Å². The van der Waals surface area contributed by atoms with E-state index in [0.29, 0.717) is 6.42 Å². The Morgan fingerprint density at radius 2 is 1.65 bits per heavy atom. The first-order chi connectivity index (χ1) is 8.91. The molecule has 0 aromatic rings. The molecule has 0 aromatic heterocycles. The van der Waals surface area contributed by atoms with E-state index in [1.54, 1.807) is 20.8 Å². The van der Waals surface area contributed by atoms with E-state index in [0.717, 1.165) is 0 Å². The van der Waals surface area contributed by atoms with Gasteiger partial charge in [0.05, 0.1) is 5.41 Å². The highest BCUT2D eigenvalue weighted by atomic mass is 19.4. The molecule has 0 spiro atoms. The van der Waals surface area contributed by atoms with Crippen molar-refractivity contribution in [2.75, 3.05) is 6.61 Å². The van der Waals surface area contributed by atoms with Crippen LogP contribution >= 0.6 is 0 Å². The molecule has 4 nitrogen and oxygen atoms in total. The number of esters is 2. The molecule has 0 amide bonds. The third-order valence-electron chi connectivity index (χ3n) is 2.94. The Morgan fingerprint density at radius 3 is 2.00 bits per heavy atom. The summed E-state index contributed by atoms with van der Waals surface area (Å²) in [5.41, 5.74) is -0.790. The lowest BCUT2D eigenvalue weighted by Crippen LogP contribution is -2.39. The number of carbonyl (C=O) groups excluding carboxylic acids is 2. The van der Waals surface area contributed by atoms with Crippen LogP contribution in [-0.2, 0) is 19.1 Å². The molecular weight excluding hydrogens is 277 g/mol. The SMILES string of the molecule is CCC(C)(C)C(=O)OCC(=O)OC(C(C)C)C(F)(F)F. The fourth-order valence-electron chi connectivity index (χ4n) is 1.22. The Labute approximate surface area is 116 Å². The summed E-state index contributed by atoms with van der Waals surface area (Å²) in [7, 11) is 0. The maximum absolute atomic E-state index is 12.6. The number of alkyl halides is 3. The maximum Gasteiger partial charge on any atom is 0.425 e. The molecule has 0 saturated carbocycles. The van der Waals surface area contributed by atoms with Crippen molar-refractivity contribution in [2.24, 2.45) is 11.3 Å². The third-order valence-corrected chi connectivity index (χ3v) is 2.94. The minimum Gasteiger partial charge on any atom is -0.453 e. The second-order valence-corrected chi connectivity index (χ2v) is 5.51. The second-order valence-electron chi connectivity index (χ2n) is 5.51. The van der Waals surface area contributed by atoms with Crippen molar-refractivity contribution in [3.8, 4) is 0 Å². The van der Waals surface area contributed by atoms with Crippen molar-refractivity contribution in [1.29, 1.82) is 0 Å². The van der Waals surface area contributed by atoms with Crippen LogP contribution in [-0.4, -0.2) is 30.8 Å². The summed E-state index contributed by atoms with van der Waals surface area (Å²) in [6, 6.07) is 0. The molecule has 0 saturated heterocycles. The summed E-state index contributed by atoms with van der Waals surface area (Å²) in [6.07, 6.45) is -6.36. The van der Waals surface area contributed by atoms with E-state index in [2.05, 4.69) is 9.47 Å². The fraction of sp³-hybridized carbons (Fsp3) is 0.846. The van der Waals surface area contributed by atoms with Crippen LogP contribution in [0.15, 0.2) is 0 Å². The zero-order chi connectivity index (χ0) is 16.1. The van der Waals surface area contributed by atoms with Crippen molar-refractivity contribution in [2.45, 2.75) is 53.3 Å². The van der Waals surface area contributed by atoms with Gasteiger partial charge >= 0.3 is 18.1 Å². The number of ether oxygens (including phenoxy) is 2. The van der Waals surface area contributed by atoms with Gasteiger partial charge in [-0.05, 0) is 26.2 Å². The van der Waals surface area contributed by atoms with Crippen LogP contribution in [0.2, 0.25) is 0 Å². The highest BCUT2D eigenvalue weighted by molar-refractivity contribution is 5.79. The van der Waals surface area contributed by atoms with Crippen molar-refractivity contribution < 1.29 is 32.2 Å². The molecular formula is C13H21F3O4. The van der Waals surface area contributed by atoms with Gasteiger partial charge in [-0.25, -0.2) is 4.79 Å². The highest BCUT2D eigenvalue weighted by Gasteiger charge is 2.45. The highest BCUT2D eigenvalue weighted by Crippen LogP contribution is 2.28. The number of halogens is 3. The van der Waals surface area contributed by atoms with Crippen molar-refractivity contribution in [3.63, 3.8) is 0 Å². The summed E-state index contributed by atoms with van der Waals surface area (Å²) < 4.78 is 46.8. The van der Waals surface area contributed by atoms with Gasteiger partial charge in [0, 0.05) is 0 Å². The van der Waals surface area contributed by atoms with Gasteiger partial charge in [-0.1, -0.05) is 20.8 Å². The standard InChI is InChI=1S/C13H21F3O4/c1-6-12(4,5)11(18)19-7-9(17)20-10(8(2)3)13(14,15)16/h8,10H,6-7H2,1-5H3. The van der Waals surface area contributed by atoms with Crippen molar-refractivity contribution in [1.82, 2.24) is 0 Å². The van der Waals surface area contributed by atoms with Crippen LogP contribution < -0.4 is 0 Å². The summed E-state index contributed by atoms with van der Waals surface area (Å²) in [4.78, 5) is 22.9. The number of hydrogen-bond acceptors (Lipinski definition) is 4. The molecule has 1 unspecified atom stereocenters. The Balaban J connectivity index is 4.47. The van der Waals surface area contributed by atoms with Crippen LogP contribution in [0.5, 0.6) is 0 Å². The molecule has 7 heteroatoms. The summed E-state index contributed by atoms with van der Waals surface area (Å²) in [6.45, 7) is 6.76. The minimum absolute atomic E-state index is 0.484. The Morgan fingerprint density at radius 1 is 1.15 bits per heavy atom. The zero-order valence-corrected chi connectivity index (χ0v) is 12.3. The maximum atomic E-state index is 12.6. The van der Waals surface area contributed by atoms with Crippen LogP contribution in [0.3, 0.4) is 0 Å². The predicted octanol–water partition coefficient (Wildman–Crippen LogP) is 3.10. The molecule has 0 aliphatic rings. The summed E-state index contributed by atoms with van der Waals surface area (Å²) >= 11 is 0. The second kappa shape index (κ2) is 6.95. The first-order valence-electron chi connectivity index (χ1n) is 6.35. The van der Waals surface area contributed by atoms with E-state index < -0.39 is 42.2 Å². The first kappa shape index (κ1) is 18.7. The fourth-order valence-corrected chi connectivity index (χ4v) is 1.22. The molecule has 0 heterocycles. The lowest BCUT2D eigenvalue weighted by atomic mass is 9.91. The normalized spacial score (nSPS) is 14.1. The van der Waals surface area contributed by atoms with E-state index in [1.165, 1.54) is 13.8 Å². The van der Waals surface area contributed by atoms with Gasteiger partial charge in [-0.3, -0.25) is 4.79 Å². The minimum atomic E-state index is -4.64. The summed E-state index contributed by atoms with van der Waals surface area (Å²) in [5, 5.41) is 0. The zero-order valence-electron chi connectivity index (χ0n) is 12.3. The smallest absolute Gasteiger partial charge is 0.425 e. The molecule has 20 heavy (non-hydrogen) atoms.